The quantitative estimate of drug-likeness (QED) is 0.525. The van der Waals surface area contributed by atoms with E-state index in [4.69, 9.17) is 11.6 Å². The Labute approximate surface area is 183 Å². The normalized spacial score (nSPS) is 18.1. The molecule has 4 nitrogen and oxygen atoms in total. The summed E-state index contributed by atoms with van der Waals surface area (Å²) in [6.45, 7) is 1.94. The molecule has 0 aromatic heterocycles. The van der Waals surface area contributed by atoms with E-state index in [0.29, 0.717) is 21.2 Å². The molecular formula is C24H17ClN2O2S. The Morgan fingerprint density at radius 1 is 0.933 bits per heavy atom. The highest BCUT2D eigenvalue weighted by Gasteiger charge is 2.45. The summed E-state index contributed by atoms with van der Waals surface area (Å²) in [5.74, 6) is -0.587. The van der Waals surface area contributed by atoms with E-state index < -0.39 is 6.04 Å². The number of hydrogen-bond donors (Lipinski definition) is 1. The van der Waals surface area contributed by atoms with Crippen LogP contribution in [-0.2, 0) is 9.59 Å². The van der Waals surface area contributed by atoms with Crippen molar-refractivity contribution in [3.63, 3.8) is 0 Å². The minimum absolute atomic E-state index is 0.289. The second-order valence-electron chi connectivity index (χ2n) is 7.25. The van der Waals surface area contributed by atoms with Gasteiger partial charge >= 0.3 is 0 Å². The maximum Gasteiger partial charge on any atom is 0.272 e. The Bertz CT molecular complexity index is 1220. The summed E-state index contributed by atoms with van der Waals surface area (Å²) >= 11 is 7.42. The number of fused-ring (bicyclic) bond motifs is 1. The Kier molecular flexibility index (Phi) is 4.65. The molecule has 1 atom stereocenters. The van der Waals surface area contributed by atoms with Gasteiger partial charge in [-0.2, -0.15) is 0 Å². The highest BCUT2D eigenvalue weighted by Crippen LogP contribution is 2.48. The molecule has 2 heterocycles. The first kappa shape index (κ1) is 19.0. The zero-order valence-corrected chi connectivity index (χ0v) is 17.6. The molecule has 3 aromatic rings. The maximum absolute atomic E-state index is 13.6. The van der Waals surface area contributed by atoms with Gasteiger partial charge in [-0.25, -0.2) is 4.90 Å². The van der Waals surface area contributed by atoms with Crippen molar-refractivity contribution < 1.29 is 9.59 Å². The molecular weight excluding hydrogens is 416 g/mol. The van der Waals surface area contributed by atoms with Crippen LogP contribution in [0.5, 0.6) is 0 Å². The van der Waals surface area contributed by atoms with E-state index in [9.17, 15) is 9.59 Å². The summed E-state index contributed by atoms with van der Waals surface area (Å²) < 4.78 is 0. The molecule has 0 radical (unpaired) electrons. The van der Waals surface area contributed by atoms with Gasteiger partial charge in [0.15, 0.2) is 0 Å². The molecule has 30 heavy (non-hydrogen) atoms. The second-order valence-corrected chi connectivity index (χ2v) is 8.74. The molecule has 2 amide bonds. The summed E-state index contributed by atoms with van der Waals surface area (Å²) in [6, 6.07) is 22.1. The van der Waals surface area contributed by atoms with E-state index in [1.54, 1.807) is 18.2 Å². The van der Waals surface area contributed by atoms with Gasteiger partial charge in [0, 0.05) is 15.6 Å². The van der Waals surface area contributed by atoms with Crippen molar-refractivity contribution in [3.8, 4) is 0 Å². The van der Waals surface area contributed by atoms with Crippen LogP contribution in [0.2, 0.25) is 5.02 Å². The minimum Gasteiger partial charge on any atom is -0.373 e. The predicted octanol–water partition coefficient (Wildman–Crippen LogP) is 5.73. The molecule has 2 aliphatic rings. The average molecular weight is 433 g/mol. The van der Waals surface area contributed by atoms with E-state index >= 15 is 0 Å². The van der Waals surface area contributed by atoms with Crippen LogP contribution in [0.1, 0.15) is 17.2 Å². The molecule has 6 heteroatoms. The SMILES string of the molecule is Cc1cccc(N2C(=O)C3=C(C2=O)C(c2ccc(Cl)cc2)Nc2ccccc2S3)c1. The van der Waals surface area contributed by atoms with Crippen LogP contribution < -0.4 is 10.2 Å². The number of amides is 2. The number of carbonyl (C=O) groups excluding carboxylic acids is 2. The van der Waals surface area contributed by atoms with Crippen molar-refractivity contribution in [2.24, 2.45) is 0 Å². The van der Waals surface area contributed by atoms with Gasteiger partial charge in [-0.1, -0.05) is 59.8 Å². The number of nitrogens with zero attached hydrogens (tertiary/aromatic N) is 1. The summed E-state index contributed by atoms with van der Waals surface area (Å²) in [6.07, 6.45) is 0. The van der Waals surface area contributed by atoms with Gasteiger partial charge in [0.2, 0.25) is 0 Å². The first-order valence-electron chi connectivity index (χ1n) is 9.51. The van der Waals surface area contributed by atoms with Crippen molar-refractivity contribution in [3.05, 3.63) is 99.4 Å². The number of rotatable bonds is 2. The van der Waals surface area contributed by atoms with Gasteiger partial charge in [0.25, 0.3) is 11.8 Å². The topological polar surface area (TPSA) is 49.4 Å². The van der Waals surface area contributed by atoms with E-state index in [1.165, 1.54) is 16.7 Å². The van der Waals surface area contributed by atoms with Crippen LogP contribution >= 0.6 is 23.4 Å². The summed E-state index contributed by atoms with van der Waals surface area (Å²) in [5, 5.41) is 4.10. The molecule has 0 saturated heterocycles. The first-order valence-corrected chi connectivity index (χ1v) is 10.7. The highest BCUT2D eigenvalue weighted by molar-refractivity contribution is 8.04. The summed E-state index contributed by atoms with van der Waals surface area (Å²) in [7, 11) is 0. The highest BCUT2D eigenvalue weighted by atomic mass is 35.5. The fraction of sp³-hybridized carbons (Fsp3) is 0.0833. The largest absolute Gasteiger partial charge is 0.373 e. The number of benzene rings is 3. The van der Waals surface area contributed by atoms with Gasteiger partial charge in [0.05, 0.1) is 22.2 Å². The third kappa shape index (κ3) is 3.11. The Balaban J connectivity index is 1.66. The second kappa shape index (κ2) is 7.35. The van der Waals surface area contributed by atoms with Crippen LogP contribution in [0.25, 0.3) is 0 Å². The van der Waals surface area contributed by atoms with Crippen molar-refractivity contribution in [2.75, 3.05) is 10.2 Å². The standard InChI is InChI=1S/C24H17ClN2O2S/c1-14-5-4-6-17(13-14)27-23(28)20-21(15-9-11-16(25)12-10-15)26-18-7-2-3-8-19(18)30-22(20)24(27)29/h2-13,21,26H,1H3. The predicted molar refractivity (Wildman–Crippen MR) is 121 cm³/mol. The Morgan fingerprint density at radius 2 is 1.70 bits per heavy atom. The Hall–Kier alpha value is -3.02. The zero-order chi connectivity index (χ0) is 20.8. The molecule has 5 rings (SSSR count). The summed E-state index contributed by atoms with van der Waals surface area (Å²) in [5.41, 5.74) is 3.79. The lowest BCUT2D eigenvalue weighted by Gasteiger charge is -2.22. The molecule has 0 bridgehead atoms. The number of halogens is 1. The number of aryl methyl sites for hydroxylation is 1. The lowest BCUT2D eigenvalue weighted by molar-refractivity contribution is -0.120. The monoisotopic (exact) mass is 432 g/mol. The van der Waals surface area contributed by atoms with E-state index in [1.807, 2.05) is 61.5 Å². The van der Waals surface area contributed by atoms with E-state index in [2.05, 4.69) is 5.32 Å². The number of imide groups is 1. The van der Waals surface area contributed by atoms with Crippen LogP contribution in [-0.4, -0.2) is 11.8 Å². The van der Waals surface area contributed by atoms with Crippen LogP contribution in [0, 0.1) is 6.92 Å². The van der Waals surface area contributed by atoms with Crippen LogP contribution in [0.4, 0.5) is 11.4 Å². The smallest absolute Gasteiger partial charge is 0.272 e. The zero-order valence-electron chi connectivity index (χ0n) is 16.1. The number of thioether (sulfide) groups is 1. The molecule has 3 aromatic carbocycles. The number of carbonyl (C=O) groups is 2. The lowest BCUT2D eigenvalue weighted by Crippen LogP contribution is -2.33. The van der Waals surface area contributed by atoms with Crippen molar-refractivity contribution in [1.82, 2.24) is 0 Å². The van der Waals surface area contributed by atoms with Crippen molar-refractivity contribution in [2.45, 2.75) is 17.9 Å². The number of nitrogens with one attached hydrogen (secondary N) is 1. The van der Waals surface area contributed by atoms with E-state index in [-0.39, 0.29) is 11.8 Å². The van der Waals surface area contributed by atoms with Crippen molar-refractivity contribution in [1.29, 1.82) is 0 Å². The molecule has 2 aliphatic heterocycles. The molecule has 0 spiro atoms. The van der Waals surface area contributed by atoms with Crippen LogP contribution in [0.3, 0.4) is 0 Å². The fourth-order valence-corrected chi connectivity index (χ4v) is 5.02. The summed E-state index contributed by atoms with van der Waals surface area (Å²) in [4.78, 5) is 29.7. The van der Waals surface area contributed by atoms with Crippen LogP contribution in [0.15, 0.2) is 88.2 Å². The van der Waals surface area contributed by atoms with Gasteiger partial charge in [-0.05, 0) is 54.4 Å². The number of para-hydroxylation sites is 1. The molecule has 1 unspecified atom stereocenters. The van der Waals surface area contributed by atoms with Gasteiger partial charge < -0.3 is 5.32 Å². The number of hydrogen-bond acceptors (Lipinski definition) is 4. The third-order valence-corrected chi connectivity index (χ3v) is 6.65. The van der Waals surface area contributed by atoms with E-state index in [0.717, 1.165) is 21.7 Å². The average Bonchev–Trinajstić information content (AvgIpc) is 2.88. The van der Waals surface area contributed by atoms with Gasteiger partial charge in [0.1, 0.15) is 0 Å². The maximum atomic E-state index is 13.6. The number of anilines is 2. The molecule has 0 fully saturated rings. The minimum atomic E-state index is -0.459. The lowest BCUT2D eigenvalue weighted by atomic mass is 9.98. The van der Waals surface area contributed by atoms with Gasteiger partial charge in [-0.3, -0.25) is 9.59 Å². The molecule has 148 valence electrons. The fourth-order valence-electron chi connectivity index (χ4n) is 3.80. The molecule has 0 aliphatic carbocycles. The first-order chi connectivity index (χ1) is 14.5. The molecule has 0 saturated carbocycles. The molecule has 1 N–H and O–H groups in total. The van der Waals surface area contributed by atoms with Gasteiger partial charge in [-0.15, -0.1) is 0 Å². The third-order valence-electron chi connectivity index (χ3n) is 5.23. The van der Waals surface area contributed by atoms with Crippen molar-refractivity contribution >= 4 is 46.6 Å². The Morgan fingerprint density at radius 3 is 2.47 bits per heavy atom.